The van der Waals surface area contributed by atoms with E-state index in [4.69, 9.17) is 10.6 Å². The van der Waals surface area contributed by atoms with Crippen LogP contribution in [0.3, 0.4) is 0 Å². The van der Waals surface area contributed by atoms with Gasteiger partial charge in [-0.25, -0.2) is 9.86 Å². The Balaban J connectivity index is 3.24. The van der Waals surface area contributed by atoms with E-state index in [1.165, 1.54) is 12.2 Å². The summed E-state index contributed by atoms with van der Waals surface area (Å²) in [6.45, 7) is 0.376. The number of primary amides is 1. The van der Waals surface area contributed by atoms with Gasteiger partial charge in [-0.15, -0.1) is 0 Å². The Labute approximate surface area is 102 Å². The number of hydroxylamine groups is 2. The molecule has 2 N–H and O–H groups in total. The van der Waals surface area contributed by atoms with Crippen LogP contribution in [-0.4, -0.2) is 37.8 Å². The fraction of sp³-hybridized carbons (Fsp3) is 0.818. The second-order valence-corrected chi connectivity index (χ2v) is 3.76. The number of hydrogen-bond donors (Lipinski definition) is 1. The lowest BCUT2D eigenvalue weighted by atomic mass is 10.1. The van der Waals surface area contributed by atoms with E-state index in [1.54, 1.807) is 7.05 Å². The van der Waals surface area contributed by atoms with E-state index in [9.17, 15) is 9.59 Å². The van der Waals surface area contributed by atoms with Gasteiger partial charge in [0.1, 0.15) is 0 Å². The lowest BCUT2D eigenvalue weighted by Crippen LogP contribution is -2.24. The molecule has 17 heavy (non-hydrogen) atoms. The molecule has 0 aliphatic carbocycles. The highest BCUT2D eigenvalue weighted by Crippen LogP contribution is 2.06. The van der Waals surface area contributed by atoms with Gasteiger partial charge in [-0.05, 0) is 12.8 Å². The van der Waals surface area contributed by atoms with Gasteiger partial charge in [-0.1, -0.05) is 19.3 Å². The molecule has 0 fully saturated rings. The molecule has 0 aliphatic rings. The Morgan fingerprint density at radius 3 is 2.29 bits per heavy atom. The summed E-state index contributed by atoms with van der Waals surface area (Å²) in [6.07, 6.45) is 4.42. The van der Waals surface area contributed by atoms with E-state index in [-0.39, 0.29) is 5.91 Å². The third kappa shape index (κ3) is 9.62. The lowest BCUT2D eigenvalue weighted by Gasteiger charge is -2.12. The first-order valence-electron chi connectivity index (χ1n) is 5.80. The second-order valence-electron chi connectivity index (χ2n) is 3.76. The minimum absolute atomic E-state index is 0.00967. The average Bonchev–Trinajstić information content (AvgIpc) is 2.30. The quantitative estimate of drug-likeness (QED) is 0.493. The molecular formula is C11H22N2O4. The molecule has 0 bridgehead atoms. The van der Waals surface area contributed by atoms with Gasteiger partial charge in [-0.2, -0.15) is 0 Å². The zero-order valence-electron chi connectivity index (χ0n) is 10.6. The molecule has 0 aromatic rings. The minimum atomic E-state index is -0.724. The van der Waals surface area contributed by atoms with Crippen LogP contribution in [0.4, 0.5) is 4.79 Å². The summed E-state index contributed by atoms with van der Waals surface area (Å²) in [5.41, 5.74) is 4.81. The third-order valence-corrected chi connectivity index (χ3v) is 2.40. The fourth-order valence-corrected chi connectivity index (χ4v) is 1.34. The molecule has 100 valence electrons. The molecule has 0 saturated carbocycles. The van der Waals surface area contributed by atoms with Crippen LogP contribution in [-0.2, 0) is 14.4 Å². The highest BCUT2D eigenvalue weighted by atomic mass is 16.7. The van der Waals surface area contributed by atoms with Crippen molar-refractivity contribution in [1.82, 2.24) is 5.06 Å². The highest BCUT2D eigenvalue weighted by molar-refractivity contribution is 5.74. The van der Waals surface area contributed by atoms with Crippen LogP contribution in [0.1, 0.15) is 38.5 Å². The predicted molar refractivity (Wildman–Crippen MR) is 63.0 cm³/mol. The first-order valence-corrected chi connectivity index (χ1v) is 5.80. The number of rotatable bonds is 9. The van der Waals surface area contributed by atoms with Crippen LogP contribution in [0, 0.1) is 0 Å². The largest absolute Gasteiger partial charge is 0.450 e. The van der Waals surface area contributed by atoms with Crippen molar-refractivity contribution in [3.05, 3.63) is 0 Å². The van der Waals surface area contributed by atoms with Crippen molar-refractivity contribution in [3.8, 4) is 0 Å². The van der Waals surface area contributed by atoms with Crippen molar-refractivity contribution in [2.24, 2.45) is 5.73 Å². The van der Waals surface area contributed by atoms with Crippen molar-refractivity contribution in [3.63, 3.8) is 0 Å². The molecule has 0 unspecified atom stereocenters. The van der Waals surface area contributed by atoms with Crippen molar-refractivity contribution >= 4 is 12.0 Å². The number of carbonyl (C=O) groups excluding carboxylic acids is 2. The van der Waals surface area contributed by atoms with Crippen molar-refractivity contribution in [1.29, 1.82) is 0 Å². The monoisotopic (exact) mass is 246 g/mol. The van der Waals surface area contributed by atoms with E-state index < -0.39 is 6.09 Å². The SMILES string of the molecule is CON(C)C(=O)CCCCCCCOC(N)=O. The standard InChI is InChI=1S/C11H22N2O4/c1-13(16-2)10(14)8-6-4-3-5-7-9-17-11(12)15/h3-9H2,1-2H3,(H2,12,15). The summed E-state index contributed by atoms with van der Waals surface area (Å²) >= 11 is 0. The van der Waals surface area contributed by atoms with Crippen LogP contribution in [0.2, 0.25) is 0 Å². The molecule has 0 aliphatic heterocycles. The van der Waals surface area contributed by atoms with Crippen molar-refractivity contribution in [2.45, 2.75) is 38.5 Å². The molecule has 0 aromatic heterocycles. The van der Waals surface area contributed by atoms with E-state index >= 15 is 0 Å². The molecule has 6 nitrogen and oxygen atoms in total. The maximum atomic E-state index is 11.3. The second kappa shape index (κ2) is 9.89. The Kier molecular flexibility index (Phi) is 9.14. The zero-order chi connectivity index (χ0) is 13.1. The van der Waals surface area contributed by atoms with Gasteiger partial charge in [0.05, 0.1) is 13.7 Å². The maximum absolute atomic E-state index is 11.3. The molecule has 6 heteroatoms. The molecular weight excluding hydrogens is 224 g/mol. The Morgan fingerprint density at radius 2 is 1.71 bits per heavy atom. The van der Waals surface area contributed by atoms with Crippen molar-refractivity contribution in [2.75, 3.05) is 20.8 Å². The van der Waals surface area contributed by atoms with Gasteiger partial charge in [-0.3, -0.25) is 9.63 Å². The summed E-state index contributed by atoms with van der Waals surface area (Å²) in [7, 11) is 3.07. The molecule has 2 amide bonds. The summed E-state index contributed by atoms with van der Waals surface area (Å²) in [4.78, 5) is 26.3. The van der Waals surface area contributed by atoms with Gasteiger partial charge < -0.3 is 10.5 Å². The van der Waals surface area contributed by atoms with Crippen LogP contribution < -0.4 is 5.73 Å². The Hall–Kier alpha value is -1.30. The summed E-state index contributed by atoms with van der Waals surface area (Å²) in [5, 5.41) is 1.24. The highest BCUT2D eigenvalue weighted by Gasteiger charge is 2.06. The molecule has 0 aromatic carbocycles. The normalized spacial score (nSPS) is 10.0. The number of ether oxygens (including phenoxy) is 1. The smallest absolute Gasteiger partial charge is 0.404 e. The van der Waals surface area contributed by atoms with E-state index in [1.807, 2.05) is 0 Å². The lowest BCUT2D eigenvalue weighted by molar-refractivity contribution is -0.168. The van der Waals surface area contributed by atoms with Gasteiger partial charge in [0, 0.05) is 13.5 Å². The number of nitrogens with two attached hydrogens (primary N) is 1. The van der Waals surface area contributed by atoms with E-state index in [0.717, 1.165) is 32.1 Å². The first-order chi connectivity index (χ1) is 8.07. The molecule has 0 saturated heterocycles. The zero-order valence-corrected chi connectivity index (χ0v) is 10.6. The summed E-state index contributed by atoms with van der Waals surface area (Å²) in [5.74, 6) is -0.00967. The summed E-state index contributed by atoms with van der Waals surface area (Å²) < 4.78 is 4.59. The number of amides is 2. The van der Waals surface area contributed by atoms with Crippen molar-refractivity contribution < 1.29 is 19.2 Å². The maximum Gasteiger partial charge on any atom is 0.404 e. The third-order valence-electron chi connectivity index (χ3n) is 2.40. The number of unbranched alkanes of at least 4 members (excludes halogenated alkanes) is 4. The van der Waals surface area contributed by atoms with Crippen LogP contribution in [0.15, 0.2) is 0 Å². The molecule has 0 heterocycles. The number of hydrogen-bond acceptors (Lipinski definition) is 4. The fourth-order valence-electron chi connectivity index (χ4n) is 1.34. The van der Waals surface area contributed by atoms with E-state index in [0.29, 0.717) is 13.0 Å². The minimum Gasteiger partial charge on any atom is -0.450 e. The average molecular weight is 246 g/mol. The Bertz CT molecular complexity index is 234. The van der Waals surface area contributed by atoms with Gasteiger partial charge in [0.2, 0.25) is 5.91 Å². The van der Waals surface area contributed by atoms with Gasteiger partial charge in [0.15, 0.2) is 0 Å². The predicted octanol–water partition coefficient (Wildman–Crippen LogP) is 1.44. The van der Waals surface area contributed by atoms with Crippen LogP contribution in [0.25, 0.3) is 0 Å². The molecule has 0 radical (unpaired) electrons. The van der Waals surface area contributed by atoms with Gasteiger partial charge in [0.25, 0.3) is 0 Å². The molecule has 0 rings (SSSR count). The van der Waals surface area contributed by atoms with Crippen LogP contribution in [0.5, 0.6) is 0 Å². The Morgan fingerprint density at radius 1 is 1.12 bits per heavy atom. The topological polar surface area (TPSA) is 81.9 Å². The first kappa shape index (κ1) is 15.7. The van der Waals surface area contributed by atoms with Gasteiger partial charge >= 0.3 is 6.09 Å². The van der Waals surface area contributed by atoms with E-state index in [2.05, 4.69) is 4.74 Å². The molecule has 0 atom stereocenters. The summed E-state index contributed by atoms with van der Waals surface area (Å²) in [6, 6.07) is 0. The number of carbonyl (C=O) groups is 2. The number of nitrogens with zero attached hydrogens (tertiary/aromatic N) is 1. The van der Waals surface area contributed by atoms with Crippen LogP contribution >= 0.6 is 0 Å². The molecule has 0 spiro atoms.